The van der Waals surface area contributed by atoms with E-state index in [-0.39, 0.29) is 5.92 Å². The van der Waals surface area contributed by atoms with E-state index < -0.39 is 6.10 Å². The molecule has 0 aromatic heterocycles. The van der Waals surface area contributed by atoms with E-state index >= 15 is 0 Å². The van der Waals surface area contributed by atoms with Crippen LogP contribution in [0.25, 0.3) is 0 Å². The monoisotopic (exact) mass is 134 g/mol. The number of hydrogen-bond acceptors (Lipinski definition) is 1. The van der Waals surface area contributed by atoms with Gasteiger partial charge in [0.25, 0.3) is 0 Å². The Balaban J connectivity index is 3.64. The normalized spacial score (nSPS) is 14.1. The zero-order valence-electron chi connectivity index (χ0n) is 5.19. The molecular weight excluding hydrogens is 124 g/mol. The summed E-state index contributed by atoms with van der Waals surface area (Å²) in [6, 6.07) is 0. The Hall–Kier alpha value is -0.0100. The average Bonchev–Trinajstić information content (AvgIpc) is 1.64. The molecule has 0 aromatic carbocycles. The summed E-state index contributed by atoms with van der Waals surface area (Å²) in [6.07, 6.45) is -0.559. The van der Waals surface area contributed by atoms with Gasteiger partial charge in [0, 0.05) is 5.03 Å². The van der Waals surface area contributed by atoms with Crippen LogP contribution < -0.4 is 0 Å². The van der Waals surface area contributed by atoms with Gasteiger partial charge in [-0.25, -0.2) is 0 Å². The minimum Gasteiger partial charge on any atom is -0.387 e. The van der Waals surface area contributed by atoms with Gasteiger partial charge >= 0.3 is 0 Å². The third-order valence-electron chi connectivity index (χ3n) is 0.952. The molecule has 1 unspecified atom stereocenters. The van der Waals surface area contributed by atoms with E-state index in [1.165, 1.54) is 0 Å². The fourth-order valence-corrected chi connectivity index (χ4v) is 0.614. The second-order valence-corrected chi connectivity index (χ2v) is 2.62. The lowest BCUT2D eigenvalue weighted by atomic mass is 10.1. The van der Waals surface area contributed by atoms with Crippen LogP contribution >= 0.6 is 11.6 Å². The number of aliphatic hydroxyl groups excluding tert-OH is 1. The van der Waals surface area contributed by atoms with Gasteiger partial charge in [-0.3, -0.25) is 0 Å². The Labute approximate surface area is 55.0 Å². The first-order valence-corrected chi connectivity index (χ1v) is 2.96. The first kappa shape index (κ1) is 7.99. The molecule has 2 heteroatoms. The van der Waals surface area contributed by atoms with Gasteiger partial charge < -0.3 is 5.11 Å². The molecule has 1 nitrogen and oxygen atoms in total. The maximum atomic E-state index is 8.97. The lowest BCUT2D eigenvalue weighted by Gasteiger charge is -2.10. The topological polar surface area (TPSA) is 20.2 Å². The second kappa shape index (κ2) is 3.10. The quantitative estimate of drug-likeness (QED) is 0.610. The zero-order valence-corrected chi connectivity index (χ0v) is 5.94. The SMILES string of the molecule is C=C(Cl)C(O)C(C)C. The van der Waals surface area contributed by atoms with Crippen LogP contribution in [-0.4, -0.2) is 11.2 Å². The largest absolute Gasteiger partial charge is 0.387 e. The van der Waals surface area contributed by atoms with E-state index in [9.17, 15) is 0 Å². The van der Waals surface area contributed by atoms with Gasteiger partial charge in [0.15, 0.2) is 0 Å². The molecule has 0 rings (SSSR count). The van der Waals surface area contributed by atoms with Crippen LogP contribution in [0.15, 0.2) is 11.6 Å². The summed E-state index contributed by atoms with van der Waals surface area (Å²) in [5.41, 5.74) is 0. The number of rotatable bonds is 2. The molecule has 0 heterocycles. The minimum absolute atomic E-state index is 0.167. The van der Waals surface area contributed by atoms with Gasteiger partial charge in [-0.15, -0.1) is 0 Å². The fraction of sp³-hybridized carbons (Fsp3) is 0.667. The van der Waals surface area contributed by atoms with E-state index in [0.717, 1.165) is 0 Å². The molecule has 0 aliphatic rings. The lowest BCUT2D eigenvalue weighted by Crippen LogP contribution is -2.13. The molecule has 48 valence electrons. The van der Waals surface area contributed by atoms with Crippen molar-refractivity contribution in [1.29, 1.82) is 0 Å². The minimum atomic E-state index is -0.559. The molecule has 0 bridgehead atoms. The molecule has 0 saturated heterocycles. The molecule has 8 heavy (non-hydrogen) atoms. The van der Waals surface area contributed by atoms with Crippen molar-refractivity contribution in [3.63, 3.8) is 0 Å². The van der Waals surface area contributed by atoms with Crippen LogP contribution in [0.2, 0.25) is 0 Å². The summed E-state index contributed by atoms with van der Waals surface area (Å²) >= 11 is 5.38. The van der Waals surface area contributed by atoms with Crippen molar-refractivity contribution < 1.29 is 5.11 Å². The van der Waals surface area contributed by atoms with E-state index in [0.29, 0.717) is 5.03 Å². The Morgan fingerprint density at radius 1 is 1.62 bits per heavy atom. The van der Waals surface area contributed by atoms with Gasteiger partial charge in [0.1, 0.15) is 0 Å². The number of hydrogen-bond donors (Lipinski definition) is 1. The van der Waals surface area contributed by atoms with E-state index in [1.807, 2.05) is 13.8 Å². The zero-order chi connectivity index (χ0) is 6.73. The third kappa shape index (κ3) is 2.34. The maximum Gasteiger partial charge on any atom is 0.0912 e. The first-order chi connectivity index (χ1) is 3.55. The summed E-state index contributed by atoms with van der Waals surface area (Å²) in [6.45, 7) is 7.17. The predicted molar refractivity (Wildman–Crippen MR) is 35.8 cm³/mol. The van der Waals surface area contributed by atoms with Crippen LogP contribution in [0.4, 0.5) is 0 Å². The highest BCUT2D eigenvalue weighted by molar-refractivity contribution is 6.29. The van der Waals surface area contributed by atoms with Crippen molar-refractivity contribution in [3.05, 3.63) is 11.6 Å². The molecule has 0 fully saturated rings. The summed E-state index contributed by atoms with van der Waals surface area (Å²) < 4.78 is 0. The predicted octanol–water partition coefficient (Wildman–Crippen LogP) is 1.76. The molecule has 1 N–H and O–H groups in total. The van der Waals surface area contributed by atoms with E-state index in [4.69, 9.17) is 16.7 Å². The van der Waals surface area contributed by atoms with Gasteiger partial charge in [-0.2, -0.15) is 0 Å². The standard InChI is InChI=1S/C6H11ClO/c1-4(2)6(8)5(3)7/h4,6,8H,3H2,1-2H3. The van der Waals surface area contributed by atoms with Gasteiger partial charge in [0.05, 0.1) is 6.10 Å². The number of halogens is 1. The summed E-state index contributed by atoms with van der Waals surface area (Å²) in [4.78, 5) is 0. The Bertz CT molecular complexity index is 88.5. The smallest absolute Gasteiger partial charge is 0.0912 e. The Kier molecular flexibility index (Phi) is 3.10. The Morgan fingerprint density at radius 2 is 2.00 bits per heavy atom. The van der Waals surface area contributed by atoms with E-state index in [2.05, 4.69) is 6.58 Å². The molecule has 1 atom stereocenters. The van der Waals surface area contributed by atoms with Crippen molar-refractivity contribution in [1.82, 2.24) is 0 Å². The molecule has 0 aliphatic heterocycles. The summed E-state index contributed by atoms with van der Waals surface area (Å²) in [5, 5.41) is 9.29. The van der Waals surface area contributed by atoms with Crippen LogP contribution in [0.3, 0.4) is 0 Å². The highest BCUT2D eigenvalue weighted by Gasteiger charge is 2.09. The Morgan fingerprint density at radius 3 is 2.00 bits per heavy atom. The third-order valence-corrected chi connectivity index (χ3v) is 1.18. The first-order valence-electron chi connectivity index (χ1n) is 2.58. The van der Waals surface area contributed by atoms with Crippen molar-refractivity contribution in [2.45, 2.75) is 20.0 Å². The maximum absolute atomic E-state index is 8.97. The van der Waals surface area contributed by atoms with Crippen LogP contribution in [0, 0.1) is 5.92 Å². The van der Waals surface area contributed by atoms with Gasteiger partial charge in [-0.05, 0) is 5.92 Å². The molecule has 0 aliphatic carbocycles. The van der Waals surface area contributed by atoms with Crippen molar-refractivity contribution in [3.8, 4) is 0 Å². The molecule has 0 saturated carbocycles. The number of aliphatic hydroxyl groups is 1. The highest BCUT2D eigenvalue weighted by atomic mass is 35.5. The average molecular weight is 135 g/mol. The van der Waals surface area contributed by atoms with E-state index in [1.54, 1.807) is 0 Å². The van der Waals surface area contributed by atoms with Crippen molar-refractivity contribution in [2.75, 3.05) is 0 Å². The lowest BCUT2D eigenvalue weighted by molar-refractivity contribution is 0.168. The van der Waals surface area contributed by atoms with Crippen molar-refractivity contribution >= 4 is 11.6 Å². The fourth-order valence-electron chi connectivity index (χ4n) is 0.362. The highest BCUT2D eigenvalue weighted by Crippen LogP contribution is 2.12. The van der Waals surface area contributed by atoms with Crippen LogP contribution in [0.5, 0.6) is 0 Å². The van der Waals surface area contributed by atoms with Crippen molar-refractivity contribution in [2.24, 2.45) is 5.92 Å². The molecule has 0 aromatic rings. The molecule has 0 amide bonds. The summed E-state index contributed by atoms with van der Waals surface area (Å²) in [7, 11) is 0. The van der Waals surface area contributed by atoms with Gasteiger partial charge in [0.2, 0.25) is 0 Å². The molecule has 0 radical (unpaired) electrons. The molecule has 0 spiro atoms. The molecular formula is C6H11ClO. The van der Waals surface area contributed by atoms with Gasteiger partial charge in [-0.1, -0.05) is 32.0 Å². The van der Waals surface area contributed by atoms with Crippen LogP contribution in [-0.2, 0) is 0 Å². The summed E-state index contributed by atoms with van der Waals surface area (Å²) in [5.74, 6) is 0.167. The van der Waals surface area contributed by atoms with Crippen LogP contribution in [0.1, 0.15) is 13.8 Å². The second-order valence-electron chi connectivity index (χ2n) is 2.14.